The standard InChI is InChI=1S/C13H20N2O2S/c1-11-6-5-9-15(13(11)10-14)18(16,17)12-7-3-2-4-8-12/h2-4,7-8,11,13H,5-6,9-10,14H2,1H3/t11-,13+/m1/s1. The Labute approximate surface area is 109 Å². The van der Waals surface area contributed by atoms with Crippen molar-refractivity contribution >= 4 is 10.0 Å². The molecule has 1 aromatic carbocycles. The van der Waals surface area contributed by atoms with E-state index in [0.29, 0.717) is 23.9 Å². The number of sulfonamides is 1. The van der Waals surface area contributed by atoms with Gasteiger partial charge in [-0.1, -0.05) is 25.1 Å². The van der Waals surface area contributed by atoms with Crippen molar-refractivity contribution in [1.82, 2.24) is 4.31 Å². The second-order valence-corrected chi connectivity index (χ2v) is 6.74. The predicted molar refractivity (Wildman–Crippen MR) is 71.6 cm³/mol. The highest BCUT2D eigenvalue weighted by atomic mass is 32.2. The first-order valence-electron chi connectivity index (χ1n) is 6.34. The molecule has 2 N–H and O–H groups in total. The van der Waals surface area contributed by atoms with E-state index in [1.807, 2.05) is 6.07 Å². The van der Waals surface area contributed by atoms with Crippen molar-refractivity contribution in [2.75, 3.05) is 13.1 Å². The Bertz CT molecular complexity index is 487. The van der Waals surface area contributed by atoms with Crippen LogP contribution < -0.4 is 5.73 Å². The Hall–Kier alpha value is -0.910. The maximum absolute atomic E-state index is 12.6. The number of benzene rings is 1. The monoisotopic (exact) mass is 268 g/mol. The predicted octanol–water partition coefficient (Wildman–Crippen LogP) is 1.43. The Morgan fingerprint density at radius 1 is 1.33 bits per heavy atom. The number of rotatable bonds is 3. The minimum Gasteiger partial charge on any atom is -0.329 e. The first-order chi connectivity index (χ1) is 8.57. The molecule has 0 aromatic heterocycles. The third-order valence-electron chi connectivity index (χ3n) is 3.66. The van der Waals surface area contributed by atoms with Crippen LogP contribution in [0.15, 0.2) is 35.2 Å². The van der Waals surface area contributed by atoms with Gasteiger partial charge in [0.15, 0.2) is 0 Å². The molecule has 18 heavy (non-hydrogen) atoms. The Kier molecular flexibility index (Phi) is 4.04. The maximum Gasteiger partial charge on any atom is 0.243 e. The molecule has 0 spiro atoms. The molecule has 0 unspecified atom stereocenters. The average molecular weight is 268 g/mol. The molecule has 0 radical (unpaired) electrons. The van der Waals surface area contributed by atoms with Gasteiger partial charge in [-0.2, -0.15) is 4.31 Å². The molecule has 0 saturated carbocycles. The van der Waals surface area contributed by atoms with Gasteiger partial charge in [0.2, 0.25) is 10.0 Å². The Morgan fingerprint density at radius 2 is 2.00 bits per heavy atom. The summed E-state index contributed by atoms with van der Waals surface area (Å²) in [5.41, 5.74) is 5.75. The minimum absolute atomic E-state index is 0.0797. The van der Waals surface area contributed by atoms with Crippen LogP contribution in [0.2, 0.25) is 0 Å². The van der Waals surface area contributed by atoms with Gasteiger partial charge >= 0.3 is 0 Å². The molecule has 2 rings (SSSR count). The highest BCUT2D eigenvalue weighted by Crippen LogP contribution is 2.28. The van der Waals surface area contributed by atoms with Crippen molar-refractivity contribution in [3.8, 4) is 0 Å². The van der Waals surface area contributed by atoms with Gasteiger partial charge in [0.25, 0.3) is 0 Å². The van der Waals surface area contributed by atoms with Crippen LogP contribution >= 0.6 is 0 Å². The molecule has 5 heteroatoms. The molecule has 1 aliphatic rings. The fourth-order valence-corrected chi connectivity index (χ4v) is 4.38. The summed E-state index contributed by atoms with van der Waals surface area (Å²) in [6, 6.07) is 8.52. The summed E-state index contributed by atoms with van der Waals surface area (Å²) in [4.78, 5) is 0.359. The quantitative estimate of drug-likeness (QED) is 0.902. The first-order valence-corrected chi connectivity index (χ1v) is 7.78. The second kappa shape index (κ2) is 5.38. The zero-order chi connectivity index (χ0) is 13.2. The Morgan fingerprint density at radius 3 is 2.61 bits per heavy atom. The molecule has 0 aliphatic carbocycles. The number of nitrogens with zero attached hydrogens (tertiary/aromatic N) is 1. The van der Waals surface area contributed by atoms with Crippen molar-refractivity contribution in [1.29, 1.82) is 0 Å². The highest BCUT2D eigenvalue weighted by molar-refractivity contribution is 7.89. The smallest absolute Gasteiger partial charge is 0.243 e. The van der Waals surface area contributed by atoms with E-state index in [2.05, 4.69) is 6.92 Å². The van der Waals surface area contributed by atoms with Crippen LogP contribution in [-0.4, -0.2) is 31.9 Å². The molecule has 1 saturated heterocycles. The molecule has 1 heterocycles. The van der Waals surface area contributed by atoms with Crippen LogP contribution in [-0.2, 0) is 10.0 Å². The van der Waals surface area contributed by atoms with Crippen LogP contribution in [0.25, 0.3) is 0 Å². The zero-order valence-electron chi connectivity index (χ0n) is 10.6. The van der Waals surface area contributed by atoms with Gasteiger partial charge in [-0.05, 0) is 30.9 Å². The molecule has 100 valence electrons. The summed E-state index contributed by atoms with van der Waals surface area (Å²) in [6.45, 7) is 3.03. The summed E-state index contributed by atoms with van der Waals surface area (Å²) in [6.07, 6.45) is 1.95. The number of nitrogens with two attached hydrogens (primary N) is 1. The van der Waals surface area contributed by atoms with Gasteiger partial charge in [0, 0.05) is 19.1 Å². The van der Waals surface area contributed by atoms with E-state index in [4.69, 9.17) is 5.73 Å². The van der Waals surface area contributed by atoms with E-state index in [0.717, 1.165) is 12.8 Å². The summed E-state index contributed by atoms with van der Waals surface area (Å²) in [7, 11) is -3.40. The van der Waals surface area contributed by atoms with Crippen LogP contribution in [0.3, 0.4) is 0 Å². The van der Waals surface area contributed by atoms with E-state index in [-0.39, 0.29) is 6.04 Å². The molecular weight excluding hydrogens is 248 g/mol. The van der Waals surface area contributed by atoms with Gasteiger partial charge in [0.1, 0.15) is 0 Å². The molecule has 0 bridgehead atoms. The molecule has 1 aromatic rings. The number of piperidine rings is 1. The van der Waals surface area contributed by atoms with E-state index in [9.17, 15) is 8.42 Å². The van der Waals surface area contributed by atoms with E-state index in [1.165, 1.54) is 0 Å². The van der Waals surface area contributed by atoms with Gasteiger partial charge < -0.3 is 5.73 Å². The Balaban J connectivity index is 2.34. The largest absolute Gasteiger partial charge is 0.329 e. The van der Waals surface area contributed by atoms with Gasteiger partial charge in [-0.15, -0.1) is 0 Å². The molecule has 2 atom stereocenters. The topological polar surface area (TPSA) is 63.4 Å². The summed E-state index contributed by atoms with van der Waals surface area (Å²) >= 11 is 0. The van der Waals surface area contributed by atoms with Crippen LogP contribution in [0.5, 0.6) is 0 Å². The molecule has 1 aliphatic heterocycles. The maximum atomic E-state index is 12.6. The SMILES string of the molecule is C[C@@H]1CCCN(S(=O)(=O)c2ccccc2)[C@H]1CN. The number of hydrogen-bond acceptors (Lipinski definition) is 3. The summed E-state index contributed by atoms with van der Waals surface area (Å²) in [5.74, 6) is 0.322. The number of hydrogen-bond donors (Lipinski definition) is 1. The average Bonchev–Trinajstić information content (AvgIpc) is 2.39. The lowest BCUT2D eigenvalue weighted by Crippen LogP contribution is -2.51. The lowest BCUT2D eigenvalue weighted by molar-refractivity contribution is 0.192. The third kappa shape index (κ3) is 2.43. The van der Waals surface area contributed by atoms with Crippen molar-refractivity contribution < 1.29 is 8.42 Å². The van der Waals surface area contributed by atoms with Crippen LogP contribution in [0.4, 0.5) is 0 Å². The van der Waals surface area contributed by atoms with Crippen LogP contribution in [0.1, 0.15) is 19.8 Å². The van der Waals surface area contributed by atoms with Crippen molar-refractivity contribution in [3.63, 3.8) is 0 Å². The summed E-state index contributed by atoms with van der Waals surface area (Å²) < 4.78 is 26.7. The van der Waals surface area contributed by atoms with E-state index in [1.54, 1.807) is 28.6 Å². The van der Waals surface area contributed by atoms with E-state index < -0.39 is 10.0 Å². The second-order valence-electron chi connectivity index (χ2n) is 4.85. The lowest BCUT2D eigenvalue weighted by Gasteiger charge is -2.38. The van der Waals surface area contributed by atoms with Crippen molar-refractivity contribution in [3.05, 3.63) is 30.3 Å². The fourth-order valence-electron chi connectivity index (χ4n) is 2.59. The van der Waals surface area contributed by atoms with E-state index >= 15 is 0 Å². The minimum atomic E-state index is -3.40. The van der Waals surface area contributed by atoms with Crippen molar-refractivity contribution in [2.24, 2.45) is 11.7 Å². The van der Waals surface area contributed by atoms with Gasteiger partial charge in [0.05, 0.1) is 4.90 Å². The third-order valence-corrected chi connectivity index (χ3v) is 5.59. The fraction of sp³-hybridized carbons (Fsp3) is 0.538. The van der Waals surface area contributed by atoms with Gasteiger partial charge in [-0.3, -0.25) is 0 Å². The molecule has 0 amide bonds. The molecule has 1 fully saturated rings. The van der Waals surface area contributed by atoms with Crippen LogP contribution in [0, 0.1) is 5.92 Å². The molecule has 4 nitrogen and oxygen atoms in total. The normalized spacial score (nSPS) is 26.1. The van der Waals surface area contributed by atoms with Crippen molar-refractivity contribution in [2.45, 2.75) is 30.7 Å². The lowest BCUT2D eigenvalue weighted by atomic mass is 9.93. The summed E-state index contributed by atoms with van der Waals surface area (Å²) in [5, 5.41) is 0. The zero-order valence-corrected chi connectivity index (χ0v) is 11.4. The highest BCUT2D eigenvalue weighted by Gasteiger charge is 2.36. The molecular formula is C13H20N2O2S. The first kappa shape index (κ1) is 13.5. The van der Waals surface area contributed by atoms with Gasteiger partial charge in [-0.25, -0.2) is 8.42 Å².